The molecule has 27 heavy (non-hydrogen) atoms. The van der Waals surface area contributed by atoms with Gasteiger partial charge in [-0.05, 0) is 30.2 Å². The summed E-state index contributed by atoms with van der Waals surface area (Å²) in [6, 6.07) is 16.7. The van der Waals surface area contributed by atoms with Crippen molar-refractivity contribution in [3.63, 3.8) is 0 Å². The van der Waals surface area contributed by atoms with Gasteiger partial charge in [-0.15, -0.1) is 11.8 Å². The summed E-state index contributed by atoms with van der Waals surface area (Å²) in [5.41, 5.74) is 3.74. The SMILES string of the molecule is CN1CCCC1=NCCSc1c(Cc2ccc(Cl)cc2)[nH]c2ccccc12. The van der Waals surface area contributed by atoms with Crippen molar-refractivity contribution in [2.75, 3.05) is 25.9 Å². The summed E-state index contributed by atoms with van der Waals surface area (Å²) >= 11 is 7.94. The van der Waals surface area contributed by atoms with E-state index in [-0.39, 0.29) is 0 Å². The monoisotopic (exact) mass is 397 g/mol. The highest BCUT2D eigenvalue weighted by Crippen LogP contribution is 2.33. The lowest BCUT2D eigenvalue weighted by Crippen LogP contribution is -2.19. The summed E-state index contributed by atoms with van der Waals surface area (Å²) in [4.78, 5) is 12.1. The smallest absolute Gasteiger partial charge is 0.0987 e. The maximum Gasteiger partial charge on any atom is 0.0987 e. The number of fused-ring (bicyclic) bond motifs is 1. The first kappa shape index (κ1) is 18.5. The van der Waals surface area contributed by atoms with Crippen LogP contribution in [0.5, 0.6) is 0 Å². The van der Waals surface area contributed by atoms with Crippen LogP contribution < -0.4 is 0 Å². The van der Waals surface area contributed by atoms with E-state index >= 15 is 0 Å². The molecule has 0 saturated carbocycles. The highest BCUT2D eigenvalue weighted by atomic mass is 35.5. The fourth-order valence-electron chi connectivity index (χ4n) is 3.58. The number of rotatable bonds is 6. The van der Waals surface area contributed by atoms with Gasteiger partial charge in [0.2, 0.25) is 0 Å². The Labute approximate surface area is 169 Å². The summed E-state index contributed by atoms with van der Waals surface area (Å²) < 4.78 is 0. The van der Waals surface area contributed by atoms with Crippen LogP contribution in [0.25, 0.3) is 10.9 Å². The predicted molar refractivity (Wildman–Crippen MR) is 117 cm³/mol. The summed E-state index contributed by atoms with van der Waals surface area (Å²) in [5.74, 6) is 2.25. The lowest BCUT2D eigenvalue weighted by atomic mass is 10.1. The van der Waals surface area contributed by atoms with Crippen LogP contribution in [0.2, 0.25) is 5.02 Å². The van der Waals surface area contributed by atoms with Gasteiger partial charge in [0.1, 0.15) is 0 Å². The topological polar surface area (TPSA) is 31.4 Å². The Hall–Kier alpha value is -1.91. The molecular weight excluding hydrogens is 374 g/mol. The molecule has 3 aromatic rings. The molecule has 1 aliphatic heterocycles. The molecule has 0 bridgehead atoms. The Morgan fingerprint density at radius 3 is 2.74 bits per heavy atom. The number of aromatic nitrogens is 1. The zero-order valence-corrected chi connectivity index (χ0v) is 17.1. The fourth-order valence-corrected chi connectivity index (χ4v) is 4.73. The maximum atomic E-state index is 6.03. The van der Waals surface area contributed by atoms with Crippen LogP contribution in [0.15, 0.2) is 58.4 Å². The third-order valence-corrected chi connectivity index (χ3v) is 6.39. The van der Waals surface area contributed by atoms with E-state index in [0.717, 1.165) is 36.7 Å². The molecule has 4 rings (SSSR count). The van der Waals surface area contributed by atoms with Crippen molar-refractivity contribution in [2.45, 2.75) is 24.2 Å². The normalized spacial score (nSPS) is 15.9. The van der Waals surface area contributed by atoms with Gasteiger partial charge in [-0.1, -0.05) is 41.9 Å². The van der Waals surface area contributed by atoms with E-state index in [1.54, 1.807) is 0 Å². The van der Waals surface area contributed by atoms with Crippen LogP contribution in [0.4, 0.5) is 0 Å². The maximum absolute atomic E-state index is 6.03. The molecule has 0 atom stereocenters. The number of aromatic amines is 1. The Kier molecular flexibility index (Phi) is 5.74. The third-order valence-electron chi connectivity index (χ3n) is 4.99. The third kappa shape index (κ3) is 4.33. The predicted octanol–water partition coefficient (Wildman–Crippen LogP) is 5.63. The van der Waals surface area contributed by atoms with Gasteiger partial charge in [0, 0.05) is 58.7 Å². The number of likely N-dealkylation sites (tertiary alicyclic amines) is 1. The number of hydrogen-bond acceptors (Lipinski definition) is 2. The average Bonchev–Trinajstić information content (AvgIpc) is 3.24. The molecule has 140 valence electrons. The minimum Gasteiger partial charge on any atom is -0.363 e. The van der Waals surface area contributed by atoms with Crippen LogP contribution in [-0.2, 0) is 6.42 Å². The first-order valence-electron chi connectivity index (χ1n) is 9.42. The number of para-hydroxylation sites is 1. The molecule has 2 aromatic carbocycles. The van der Waals surface area contributed by atoms with Crippen molar-refractivity contribution in [1.29, 1.82) is 0 Å². The molecule has 5 heteroatoms. The summed E-state index contributed by atoms with van der Waals surface area (Å²) in [6.07, 6.45) is 3.23. The van der Waals surface area contributed by atoms with Gasteiger partial charge < -0.3 is 9.88 Å². The summed E-state index contributed by atoms with van der Waals surface area (Å²) in [5, 5.41) is 2.08. The van der Waals surface area contributed by atoms with E-state index in [0.29, 0.717) is 0 Å². The molecule has 1 N–H and O–H groups in total. The van der Waals surface area contributed by atoms with Crippen LogP contribution in [0, 0.1) is 0 Å². The number of benzene rings is 2. The van der Waals surface area contributed by atoms with E-state index < -0.39 is 0 Å². The minimum atomic E-state index is 0.779. The second-order valence-corrected chi connectivity index (χ2v) is 8.49. The highest BCUT2D eigenvalue weighted by molar-refractivity contribution is 7.99. The fraction of sp³-hybridized carbons (Fsp3) is 0.318. The molecule has 0 amide bonds. The first-order valence-corrected chi connectivity index (χ1v) is 10.8. The number of aliphatic imine (C=N–C) groups is 1. The van der Waals surface area contributed by atoms with Crippen molar-refractivity contribution in [1.82, 2.24) is 9.88 Å². The molecule has 0 aliphatic carbocycles. The van der Waals surface area contributed by atoms with E-state index in [4.69, 9.17) is 16.6 Å². The highest BCUT2D eigenvalue weighted by Gasteiger charge is 2.14. The number of nitrogens with one attached hydrogen (secondary N) is 1. The summed E-state index contributed by atoms with van der Waals surface area (Å²) in [7, 11) is 2.14. The standard InChI is InChI=1S/C22H24ClN3S/c1-26-13-4-7-21(26)24-12-14-27-22-18-5-2-3-6-19(18)25-20(22)15-16-8-10-17(23)11-9-16/h2-3,5-6,8-11,25H,4,7,12-15H2,1H3. The van der Waals surface area contributed by atoms with E-state index in [9.17, 15) is 0 Å². The van der Waals surface area contributed by atoms with Crippen LogP contribution in [0.1, 0.15) is 24.1 Å². The van der Waals surface area contributed by atoms with Gasteiger partial charge in [-0.3, -0.25) is 4.99 Å². The lowest BCUT2D eigenvalue weighted by molar-refractivity contribution is 0.548. The van der Waals surface area contributed by atoms with Gasteiger partial charge in [0.15, 0.2) is 0 Å². The lowest BCUT2D eigenvalue weighted by Gasteiger charge is -2.11. The average molecular weight is 398 g/mol. The van der Waals surface area contributed by atoms with Crippen LogP contribution in [0.3, 0.4) is 0 Å². The Morgan fingerprint density at radius 1 is 1.15 bits per heavy atom. The number of hydrogen-bond donors (Lipinski definition) is 1. The van der Waals surface area contributed by atoms with Gasteiger partial charge in [-0.2, -0.15) is 0 Å². The van der Waals surface area contributed by atoms with Gasteiger partial charge >= 0.3 is 0 Å². The van der Waals surface area contributed by atoms with Crippen molar-refractivity contribution in [3.8, 4) is 0 Å². The van der Waals surface area contributed by atoms with E-state index in [2.05, 4.69) is 53.3 Å². The van der Waals surface area contributed by atoms with Crippen molar-refractivity contribution < 1.29 is 0 Å². The van der Waals surface area contributed by atoms with Crippen molar-refractivity contribution in [3.05, 3.63) is 64.8 Å². The molecular formula is C22H24ClN3S. The number of H-pyrrole nitrogens is 1. The van der Waals surface area contributed by atoms with Gasteiger partial charge in [0.25, 0.3) is 0 Å². The molecule has 3 nitrogen and oxygen atoms in total. The molecule has 2 heterocycles. The molecule has 1 aromatic heterocycles. The molecule has 0 spiro atoms. The van der Waals surface area contributed by atoms with Crippen LogP contribution in [-0.4, -0.2) is 41.6 Å². The Bertz CT molecular complexity index is 946. The van der Waals surface area contributed by atoms with E-state index in [1.165, 1.54) is 39.3 Å². The quantitative estimate of drug-likeness (QED) is 0.431. The molecule has 1 fully saturated rings. The second kappa shape index (κ2) is 8.41. The molecule has 0 unspecified atom stereocenters. The molecule has 1 saturated heterocycles. The second-order valence-electron chi connectivity index (χ2n) is 6.95. The van der Waals surface area contributed by atoms with Gasteiger partial charge in [-0.25, -0.2) is 0 Å². The number of nitrogens with zero attached hydrogens (tertiary/aromatic N) is 2. The van der Waals surface area contributed by atoms with Crippen LogP contribution >= 0.6 is 23.4 Å². The Balaban J connectivity index is 1.52. The Morgan fingerprint density at radius 2 is 1.96 bits per heavy atom. The number of amidine groups is 1. The zero-order valence-electron chi connectivity index (χ0n) is 15.5. The largest absolute Gasteiger partial charge is 0.363 e. The molecule has 0 radical (unpaired) electrons. The zero-order chi connectivity index (χ0) is 18.6. The number of thioether (sulfide) groups is 1. The summed E-state index contributed by atoms with van der Waals surface area (Å²) in [6.45, 7) is 2.00. The van der Waals surface area contributed by atoms with Gasteiger partial charge in [0.05, 0.1) is 12.4 Å². The van der Waals surface area contributed by atoms with Crippen molar-refractivity contribution in [2.24, 2.45) is 4.99 Å². The first-order chi connectivity index (χ1) is 13.2. The molecule has 1 aliphatic rings. The van der Waals surface area contributed by atoms with Crippen molar-refractivity contribution >= 4 is 40.1 Å². The number of halogens is 1. The van der Waals surface area contributed by atoms with E-state index in [1.807, 2.05) is 23.9 Å². The minimum absolute atomic E-state index is 0.779.